The van der Waals surface area contributed by atoms with Crippen molar-refractivity contribution in [3.63, 3.8) is 0 Å². The molecule has 4 nitrogen and oxygen atoms in total. The molecule has 2 aromatic rings. The number of amides is 1. The summed E-state index contributed by atoms with van der Waals surface area (Å²) in [5, 5.41) is 4.89. The van der Waals surface area contributed by atoms with Crippen LogP contribution in [0.4, 0.5) is 0 Å². The minimum atomic E-state index is -0.435. The van der Waals surface area contributed by atoms with Gasteiger partial charge in [0.15, 0.2) is 6.29 Å². The smallest absolute Gasteiger partial charge is 0.251 e. The van der Waals surface area contributed by atoms with Crippen molar-refractivity contribution < 1.29 is 14.3 Å². The number of halogens is 1. The van der Waals surface area contributed by atoms with Crippen molar-refractivity contribution in [2.75, 3.05) is 20.8 Å². The van der Waals surface area contributed by atoms with Crippen LogP contribution in [0, 0.1) is 0 Å². The van der Waals surface area contributed by atoms with Gasteiger partial charge in [-0.2, -0.15) is 0 Å². The molecule has 0 radical (unpaired) electrons. The molecule has 0 saturated heterocycles. The average molecular weight is 338 g/mol. The van der Waals surface area contributed by atoms with E-state index in [2.05, 4.69) is 21.2 Å². The van der Waals surface area contributed by atoms with Gasteiger partial charge >= 0.3 is 0 Å². The Morgan fingerprint density at radius 3 is 2.50 bits per heavy atom. The summed E-state index contributed by atoms with van der Waals surface area (Å²) in [7, 11) is 3.07. The molecule has 0 heterocycles. The highest BCUT2D eigenvalue weighted by atomic mass is 79.9. The molecule has 0 spiro atoms. The third-order valence-corrected chi connectivity index (χ3v) is 3.51. The van der Waals surface area contributed by atoms with Crippen LogP contribution in [0.3, 0.4) is 0 Å². The van der Waals surface area contributed by atoms with E-state index in [0.717, 1.165) is 15.2 Å². The molecule has 0 aromatic heterocycles. The van der Waals surface area contributed by atoms with E-state index in [0.29, 0.717) is 12.1 Å². The Morgan fingerprint density at radius 2 is 1.80 bits per heavy atom. The van der Waals surface area contributed by atoms with E-state index in [-0.39, 0.29) is 5.91 Å². The molecule has 0 aliphatic rings. The van der Waals surface area contributed by atoms with Crippen molar-refractivity contribution in [1.82, 2.24) is 5.32 Å². The highest BCUT2D eigenvalue weighted by Crippen LogP contribution is 2.20. The zero-order chi connectivity index (χ0) is 14.5. The largest absolute Gasteiger partial charge is 0.354 e. The molecule has 106 valence electrons. The standard InChI is InChI=1S/C15H16BrNO3/c1-19-14(20-2)9-17-15(18)12-4-3-11-8-13(16)6-5-10(11)7-12/h3-8,14H,9H2,1-2H3,(H,17,18). The first-order valence-electron chi connectivity index (χ1n) is 6.17. The molecule has 2 rings (SSSR count). The Labute approximate surface area is 126 Å². The topological polar surface area (TPSA) is 47.6 Å². The van der Waals surface area contributed by atoms with Gasteiger partial charge < -0.3 is 14.8 Å². The second-order valence-corrected chi connectivity index (χ2v) is 5.23. The highest BCUT2D eigenvalue weighted by Gasteiger charge is 2.10. The van der Waals surface area contributed by atoms with E-state index in [1.807, 2.05) is 30.3 Å². The van der Waals surface area contributed by atoms with Gasteiger partial charge in [0.05, 0.1) is 6.54 Å². The molecule has 0 bridgehead atoms. The van der Waals surface area contributed by atoms with Crippen LogP contribution < -0.4 is 5.32 Å². The molecule has 0 aliphatic carbocycles. The summed E-state index contributed by atoms with van der Waals surface area (Å²) in [6.45, 7) is 0.310. The zero-order valence-corrected chi connectivity index (χ0v) is 12.9. The molecule has 0 aliphatic heterocycles. The Morgan fingerprint density at radius 1 is 1.15 bits per heavy atom. The summed E-state index contributed by atoms with van der Waals surface area (Å²) in [6.07, 6.45) is -0.435. The number of hydrogen-bond donors (Lipinski definition) is 1. The van der Waals surface area contributed by atoms with Crippen molar-refractivity contribution in [2.45, 2.75) is 6.29 Å². The highest BCUT2D eigenvalue weighted by molar-refractivity contribution is 9.10. The first-order chi connectivity index (χ1) is 9.63. The fourth-order valence-corrected chi connectivity index (χ4v) is 2.28. The number of benzene rings is 2. The molecule has 5 heteroatoms. The molecule has 1 N–H and O–H groups in total. The van der Waals surface area contributed by atoms with Gasteiger partial charge in [0, 0.05) is 24.3 Å². The zero-order valence-electron chi connectivity index (χ0n) is 11.4. The number of carbonyl (C=O) groups excluding carboxylic acids is 1. The monoisotopic (exact) mass is 337 g/mol. The van der Waals surface area contributed by atoms with Gasteiger partial charge in [0.25, 0.3) is 5.91 Å². The van der Waals surface area contributed by atoms with Crippen molar-refractivity contribution in [1.29, 1.82) is 0 Å². The third-order valence-electron chi connectivity index (χ3n) is 3.02. The van der Waals surface area contributed by atoms with E-state index in [1.54, 1.807) is 6.07 Å². The van der Waals surface area contributed by atoms with E-state index in [1.165, 1.54) is 14.2 Å². The van der Waals surface area contributed by atoms with E-state index in [4.69, 9.17) is 9.47 Å². The second-order valence-electron chi connectivity index (χ2n) is 4.32. The van der Waals surface area contributed by atoms with E-state index < -0.39 is 6.29 Å². The Balaban J connectivity index is 2.12. The summed E-state index contributed by atoms with van der Waals surface area (Å²) < 4.78 is 11.1. The number of rotatable bonds is 5. The number of ether oxygens (including phenoxy) is 2. The Kier molecular flexibility index (Phi) is 5.11. The van der Waals surface area contributed by atoms with Gasteiger partial charge in [-0.1, -0.05) is 28.1 Å². The summed E-state index contributed by atoms with van der Waals surface area (Å²) in [5.41, 5.74) is 0.616. The van der Waals surface area contributed by atoms with Gasteiger partial charge in [-0.3, -0.25) is 4.79 Å². The maximum atomic E-state index is 12.1. The van der Waals surface area contributed by atoms with Crippen molar-refractivity contribution in [2.24, 2.45) is 0 Å². The number of hydrogen-bond acceptors (Lipinski definition) is 3. The second kappa shape index (κ2) is 6.83. The normalized spacial score (nSPS) is 11.0. The van der Waals surface area contributed by atoms with Gasteiger partial charge in [0.1, 0.15) is 0 Å². The van der Waals surface area contributed by atoms with Crippen LogP contribution in [-0.2, 0) is 9.47 Å². The lowest BCUT2D eigenvalue weighted by Crippen LogP contribution is -2.34. The fraction of sp³-hybridized carbons (Fsp3) is 0.267. The molecule has 0 atom stereocenters. The maximum absolute atomic E-state index is 12.1. The van der Waals surface area contributed by atoms with Crippen LogP contribution in [-0.4, -0.2) is 33.0 Å². The quantitative estimate of drug-likeness (QED) is 0.853. The molecule has 1 amide bonds. The van der Waals surface area contributed by atoms with Crippen LogP contribution in [0.1, 0.15) is 10.4 Å². The van der Waals surface area contributed by atoms with Gasteiger partial charge in [0.2, 0.25) is 0 Å². The minimum Gasteiger partial charge on any atom is -0.354 e. The molecular formula is C15H16BrNO3. The van der Waals surface area contributed by atoms with Crippen LogP contribution in [0.15, 0.2) is 40.9 Å². The Bertz CT molecular complexity index is 611. The average Bonchev–Trinajstić information content (AvgIpc) is 2.47. The first kappa shape index (κ1) is 15.0. The lowest BCUT2D eigenvalue weighted by atomic mass is 10.1. The van der Waals surface area contributed by atoms with Crippen LogP contribution in [0.2, 0.25) is 0 Å². The lowest BCUT2D eigenvalue weighted by Gasteiger charge is -2.14. The molecule has 0 unspecified atom stereocenters. The van der Waals surface area contributed by atoms with Crippen molar-refractivity contribution in [3.05, 3.63) is 46.4 Å². The summed E-state index contributed by atoms with van der Waals surface area (Å²) in [6, 6.07) is 11.5. The number of methoxy groups -OCH3 is 2. The van der Waals surface area contributed by atoms with Gasteiger partial charge in [-0.25, -0.2) is 0 Å². The molecular weight excluding hydrogens is 322 g/mol. The Hall–Kier alpha value is -1.43. The first-order valence-corrected chi connectivity index (χ1v) is 6.96. The maximum Gasteiger partial charge on any atom is 0.251 e. The van der Waals surface area contributed by atoms with Crippen LogP contribution in [0.5, 0.6) is 0 Å². The predicted octanol–water partition coefficient (Wildman–Crippen LogP) is 2.95. The van der Waals surface area contributed by atoms with E-state index >= 15 is 0 Å². The summed E-state index contributed by atoms with van der Waals surface area (Å²) in [4.78, 5) is 12.1. The van der Waals surface area contributed by atoms with E-state index in [9.17, 15) is 4.79 Å². The SMILES string of the molecule is COC(CNC(=O)c1ccc2cc(Br)ccc2c1)OC. The molecule has 2 aromatic carbocycles. The lowest BCUT2D eigenvalue weighted by molar-refractivity contribution is -0.0974. The minimum absolute atomic E-state index is 0.145. The van der Waals surface area contributed by atoms with Crippen molar-refractivity contribution >= 4 is 32.6 Å². The molecule has 20 heavy (non-hydrogen) atoms. The summed E-state index contributed by atoms with van der Waals surface area (Å²) in [5.74, 6) is -0.145. The summed E-state index contributed by atoms with van der Waals surface area (Å²) >= 11 is 3.43. The van der Waals surface area contributed by atoms with Crippen LogP contribution in [0.25, 0.3) is 10.8 Å². The van der Waals surface area contributed by atoms with Crippen molar-refractivity contribution in [3.8, 4) is 0 Å². The predicted molar refractivity (Wildman–Crippen MR) is 81.8 cm³/mol. The number of fused-ring (bicyclic) bond motifs is 1. The number of carbonyl (C=O) groups is 1. The number of nitrogens with one attached hydrogen (secondary N) is 1. The van der Waals surface area contributed by atoms with Gasteiger partial charge in [-0.05, 0) is 35.0 Å². The third kappa shape index (κ3) is 3.56. The van der Waals surface area contributed by atoms with Gasteiger partial charge in [-0.15, -0.1) is 0 Å². The van der Waals surface area contributed by atoms with Crippen LogP contribution >= 0.6 is 15.9 Å². The fourth-order valence-electron chi connectivity index (χ4n) is 1.90. The molecule has 0 saturated carbocycles. The molecule has 0 fully saturated rings.